The van der Waals surface area contributed by atoms with Gasteiger partial charge in [-0.1, -0.05) is 13.3 Å². The number of hydrogen-bond acceptors (Lipinski definition) is 5. The highest BCUT2D eigenvalue weighted by Gasteiger charge is 2.17. The Morgan fingerprint density at radius 2 is 2.37 bits per heavy atom. The molecule has 1 aromatic heterocycles. The Morgan fingerprint density at radius 3 is 3.00 bits per heavy atom. The molecule has 0 fully saturated rings. The van der Waals surface area contributed by atoms with E-state index in [1.165, 1.54) is 18.3 Å². The van der Waals surface area contributed by atoms with Crippen molar-refractivity contribution in [3.63, 3.8) is 0 Å². The van der Waals surface area contributed by atoms with Gasteiger partial charge in [0.2, 0.25) is 5.75 Å². The van der Waals surface area contributed by atoms with Gasteiger partial charge in [0.15, 0.2) is 6.61 Å². The molecule has 104 valence electrons. The summed E-state index contributed by atoms with van der Waals surface area (Å²) in [4.78, 5) is 25.2. The Bertz CT molecular complexity index is 450. The number of pyridine rings is 1. The molecule has 0 aliphatic carbocycles. The average Bonchev–Trinajstić information content (AvgIpc) is 2.36. The van der Waals surface area contributed by atoms with Crippen molar-refractivity contribution >= 4 is 11.7 Å². The van der Waals surface area contributed by atoms with Crippen molar-refractivity contribution in [3.05, 3.63) is 28.4 Å². The molecule has 1 aromatic rings. The molecule has 1 rings (SSSR count). The molecular formula is C12H17N3O4. The first kappa shape index (κ1) is 14.9. The van der Waals surface area contributed by atoms with Gasteiger partial charge in [-0.3, -0.25) is 4.79 Å². The summed E-state index contributed by atoms with van der Waals surface area (Å²) in [6, 6.07) is 2.98. The van der Waals surface area contributed by atoms with Gasteiger partial charge < -0.3 is 20.2 Å². The van der Waals surface area contributed by atoms with E-state index in [0.29, 0.717) is 0 Å². The summed E-state index contributed by atoms with van der Waals surface area (Å²) in [6.07, 6.45) is 3.14. The van der Waals surface area contributed by atoms with Gasteiger partial charge in [0.1, 0.15) is 6.20 Å². The first-order valence-electron chi connectivity index (χ1n) is 6.06. The van der Waals surface area contributed by atoms with Crippen LogP contribution in [0.5, 0.6) is 5.75 Å². The minimum Gasteiger partial charge on any atom is -0.476 e. The van der Waals surface area contributed by atoms with Gasteiger partial charge in [-0.05, 0) is 35.4 Å². The second-order valence-corrected chi connectivity index (χ2v) is 4.13. The summed E-state index contributed by atoms with van der Waals surface area (Å²) in [5.74, 6) is -0.707. The summed E-state index contributed by atoms with van der Waals surface area (Å²) in [5, 5.41) is 13.4. The first-order valence-corrected chi connectivity index (χ1v) is 6.06. The Kier molecular flexibility index (Phi) is 5.72. The number of nitrogens with one attached hydrogen (secondary N) is 1. The van der Waals surface area contributed by atoms with Crippen LogP contribution in [-0.2, 0) is 4.79 Å². The molecule has 0 aliphatic rings. The summed E-state index contributed by atoms with van der Waals surface area (Å²) >= 11 is 0. The number of carbonyl (C=O) groups is 1. The van der Waals surface area contributed by atoms with Gasteiger partial charge in [0.25, 0.3) is 5.91 Å². The van der Waals surface area contributed by atoms with Gasteiger partial charge in [-0.2, -0.15) is 0 Å². The van der Waals surface area contributed by atoms with Crippen LogP contribution < -0.4 is 10.1 Å². The topological polar surface area (TPSA) is 94.4 Å². The van der Waals surface area contributed by atoms with E-state index >= 15 is 0 Å². The molecule has 19 heavy (non-hydrogen) atoms. The molecule has 7 nitrogen and oxygen atoms in total. The molecule has 0 aromatic carbocycles. The van der Waals surface area contributed by atoms with Crippen molar-refractivity contribution in [2.24, 2.45) is 0 Å². The van der Waals surface area contributed by atoms with Gasteiger partial charge in [0, 0.05) is 6.04 Å². The number of rotatable bonds is 7. The molecule has 0 radical (unpaired) electrons. The largest absolute Gasteiger partial charge is 0.476 e. The summed E-state index contributed by atoms with van der Waals surface area (Å²) in [5.41, 5.74) is 0. The van der Waals surface area contributed by atoms with E-state index in [0.717, 1.165) is 12.8 Å². The van der Waals surface area contributed by atoms with Crippen LogP contribution >= 0.6 is 0 Å². The van der Waals surface area contributed by atoms with Crippen LogP contribution in [0.3, 0.4) is 0 Å². The zero-order valence-corrected chi connectivity index (χ0v) is 11.0. The molecule has 0 saturated heterocycles. The van der Waals surface area contributed by atoms with Gasteiger partial charge in [-0.15, -0.1) is 0 Å². The Balaban J connectivity index is 2.53. The van der Waals surface area contributed by atoms with Crippen molar-refractivity contribution < 1.29 is 14.5 Å². The number of aromatic nitrogens is 1. The fraction of sp³-hybridized carbons (Fsp3) is 0.500. The normalized spacial score (nSPS) is 11.7. The maximum absolute atomic E-state index is 11.6. The van der Waals surface area contributed by atoms with Crippen molar-refractivity contribution in [1.29, 1.82) is 0 Å². The highest BCUT2D eigenvalue weighted by Crippen LogP contribution is 2.22. The molecule has 1 unspecified atom stereocenters. The minimum atomic E-state index is -0.646. The second-order valence-electron chi connectivity index (χ2n) is 4.13. The summed E-state index contributed by atoms with van der Waals surface area (Å²) in [7, 11) is 0. The highest BCUT2D eigenvalue weighted by molar-refractivity contribution is 5.77. The number of amides is 1. The van der Waals surface area contributed by atoms with Gasteiger partial charge in [0.05, 0.1) is 0 Å². The molecular weight excluding hydrogens is 250 g/mol. The van der Waals surface area contributed by atoms with Crippen LogP contribution in [-0.4, -0.2) is 28.5 Å². The Hall–Kier alpha value is -2.18. The lowest BCUT2D eigenvalue weighted by atomic mass is 10.2. The van der Waals surface area contributed by atoms with Crippen molar-refractivity contribution in [1.82, 2.24) is 10.3 Å². The van der Waals surface area contributed by atoms with E-state index in [-0.39, 0.29) is 24.3 Å². The minimum absolute atomic E-state index is 0.00852. The molecule has 0 bridgehead atoms. The standard InChI is InChI=1S/C12H17N3O4/c1-3-5-9(2)14-11(16)8-19-10-6-4-7-13-12(10)15(17)18/h4,6-7,9H,3,5,8H2,1-2H3,(H,14,16). The number of nitro groups is 1. The smallest absolute Gasteiger partial charge is 0.406 e. The maximum atomic E-state index is 11.6. The Morgan fingerprint density at radius 1 is 1.63 bits per heavy atom. The number of nitrogens with zero attached hydrogens (tertiary/aromatic N) is 2. The van der Waals surface area contributed by atoms with E-state index < -0.39 is 10.7 Å². The molecule has 0 spiro atoms. The van der Waals surface area contributed by atoms with Crippen molar-refractivity contribution in [2.45, 2.75) is 32.7 Å². The Labute approximate surface area is 111 Å². The summed E-state index contributed by atoms with van der Waals surface area (Å²) in [6.45, 7) is 3.66. The lowest BCUT2D eigenvalue weighted by molar-refractivity contribution is -0.390. The van der Waals surface area contributed by atoms with Crippen molar-refractivity contribution in [3.8, 4) is 5.75 Å². The van der Waals surface area contributed by atoms with E-state index in [1.807, 2.05) is 13.8 Å². The fourth-order valence-corrected chi connectivity index (χ4v) is 1.60. The monoisotopic (exact) mass is 267 g/mol. The average molecular weight is 267 g/mol. The van der Waals surface area contributed by atoms with Crippen LogP contribution in [0.4, 0.5) is 5.82 Å². The SMILES string of the molecule is CCCC(C)NC(=O)COc1cccnc1[N+](=O)[O-]. The van der Waals surface area contributed by atoms with E-state index in [1.54, 1.807) is 0 Å². The maximum Gasteiger partial charge on any atom is 0.406 e. The van der Waals surface area contributed by atoms with Crippen LogP contribution in [0.25, 0.3) is 0 Å². The van der Waals surface area contributed by atoms with Crippen molar-refractivity contribution in [2.75, 3.05) is 6.61 Å². The number of ether oxygens (including phenoxy) is 1. The van der Waals surface area contributed by atoms with E-state index in [4.69, 9.17) is 4.74 Å². The molecule has 1 N–H and O–H groups in total. The lowest BCUT2D eigenvalue weighted by Gasteiger charge is -2.12. The quantitative estimate of drug-likeness (QED) is 0.599. The van der Waals surface area contributed by atoms with Gasteiger partial charge >= 0.3 is 5.82 Å². The molecule has 1 atom stereocenters. The first-order chi connectivity index (χ1) is 9.04. The predicted molar refractivity (Wildman–Crippen MR) is 68.9 cm³/mol. The van der Waals surface area contributed by atoms with Gasteiger partial charge in [-0.25, -0.2) is 0 Å². The van der Waals surface area contributed by atoms with Crippen LogP contribution in [0.2, 0.25) is 0 Å². The third-order valence-corrected chi connectivity index (χ3v) is 2.41. The fourth-order valence-electron chi connectivity index (χ4n) is 1.60. The predicted octanol–water partition coefficient (Wildman–Crippen LogP) is 1.67. The zero-order chi connectivity index (χ0) is 14.3. The molecule has 7 heteroatoms. The summed E-state index contributed by atoms with van der Waals surface area (Å²) < 4.78 is 5.12. The molecule has 0 aliphatic heterocycles. The lowest BCUT2D eigenvalue weighted by Crippen LogP contribution is -2.36. The van der Waals surface area contributed by atoms with Crippen LogP contribution in [0, 0.1) is 10.1 Å². The molecule has 1 heterocycles. The third-order valence-electron chi connectivity index (χ3n) is 2.41. The van der Waals surface area contributed by atoms with E-state index in [9.17, 15) is 14.9 Å². The number of hydrogen-bond donors (Lipinski definition) is 1. The molecule has 0 saturated carbocycles. The zero-order valence-electron chi connectivity index (χ0n) is 11.0. The third kappa shape index (κ3) is 4.90. The van der Waals surface area contributed by atoms with Crippen LogP contribution in [0.1, 0.15) is 26.7 Å². The number of carbonyl (C=O) groups excluding carboxylic acids is 1. The van der Waals surface area contributed by atoms with E-state index in [2.05, 4.69) is 10.3 Å². The second kappa shape index (κ2) is 7.30. The van der Waals surface area contributed by atoms with Crippen LogP contribution in [0.15, 0.2) is 18.3 Å². The molecule has 1 amide bonds. The highest BCUT2D eigenvalue weighted by atomic mass is 16.6.